The molecule has 1 fully saturated rings. The summed E-state index contributed by atoms with van der Waals surface area (Å²) in [7, 11) is 0. The lowest BCUT2D eigenvalue weighted by Crippen LogP contribution is -2.59. The molecule has 1 aliphatic rings. The van der Waals surface area contributed by atoms with Crippen molar-refractivity contribution in [2.45, 2.75) is 38.6 Å². The Bertz CT molecular complexity index is 209. The number of carbonyl (C=O) groups is 1. The van der Waals surface area contributed by atoms with Crippen molar-refractivity contribution in [3.05, 3.63) is 0 Å². The molecule has 1 rings (SSSR count). The molecule has 0 aromatic rings. The van der Waals surface area contributed by atoms with Crippen LogP contribution in [0.4, 0.5) is 0 Å². The first-order valence-corrected chi connectivity index (χ1v) is 6.95. The number of nitrogens with one attached hydrogen (secondary N) is 1. The predicted molar refractivity (Wildman–Crippen MR) is 65.9 cm³/mol. The summed E-state index contributed by atoms with van der Waals surface area (Å²) in [6.45, 7) is 5.10. The van der Waals surface area contributed by atoms with Crippen LogP contribution in [0.5, 0.6) is 0 Å². The van der Waals surface area contributed by atoms with Crippen molar-refractivity contribution < 1.29 is 4.79 Å². The molecule has 1 amide bonds. The average molecular weight is 230 g/mol. The number of hydrogen-bond donors (Lipinski definition) is 2. The highest BCUT2D eigenvalue weighted by molar-refractivity contribution is 7.99. The second-order valence-corrected chi connectivity index (χ2v) is 5.45. The number of nitrogens with two attached hydrogens (primary N) is 1. The first-order valence-electron chi connectivity index (χ1n) is 5.80. The van der Waals surface area contributed by atoms with Crippen LogP contribution in [0.1, 0.15) is 33.1 Å². The molecule has 0 saturated heterocycles. The summed E-state index contributed by atoms with van der Waals surface area (Å²) in [5, 5.41) is 3.38. The molecule has 0 bridgehead atoms. The molecule has 0 radical (unpaired) electrons. The van der Waals surface area contributed by atoms with E-state index in [1.165, 1.54) is 0 Å². The molecule has 0 spiro atoms. The molecule has 3 nitrogen and oxygen atoms in total. The van der Waals surface area contributed by atoms with Crippen LogP contribution < -0.4 is 11.1 Å². The Hall–Kier alpha value is -0.220. The molecule has 88 valence electrons. The number of thioether (sulfide) groups is 1. The third-order valence-corrected chi connectivity index (χ3v) is 4.01. The maximum atomic E-state index is 11.7. The van der Waals surface area contributed by atoms with E-state index in [1.807, 2.05) is 0 Å². The van der Waals surface area contributed by atoms with E-state index in [9.17, 15) is 4.79 Å². The van der Waals surface area contributed by atoms with Crippen LogP contribution in [0, 0.1) is 5.92 Å². The third-order valence-electron chi connectivity index (χ3n) is 2.94. The van der Waals surface area contributed by atoms with Gasteiger partial charge < -0.3 is 11.1 Å². The smallest absolute Gasteiger partial charge is 0.238 e. The van der Waals surface area contributed by atoms with Gasteiger partial charge in [0, 0.05) is 5.75 Å². The van der Waals surface area contributed by atoms with Gasteiger partial charge in [0.15, 0.2) is 0 Å². The summed E-state index contributed by atoms with van der Waals surface area (Å²) in [5.41, 5.74) is 5.15. The largest absolute Gasteiger partial charge is 0.368 e. The number of primary amides is 1. The average Bonchev–Trinajstić information content (AvgIpc) is 3.02. The van der Waals surface area contributed by atoms with E-state index in [2.05, 4.69) is 19.2 Å². The van der Waals surface area contributed by atoms with E-state index < -0.39 is 5.54 Å². The van der Waals surface area contributed by atoms with Crippen LogP contribution in [-0.2, 0) is 4.79 Å². The number of hydrogen-bond acceptors (Lipinski definition) is 3. The van der Waals surface area contributed by atoms with Crippen molar-refractivity contribution in [2.24, 2.45) is 11.7 Å². The minimum absolute atomic E-state index is 0.167. The summed E-state index contributed by atoms with van der Waals surface area (Å²) in [6.07, 6.45) is 3.33. The van der Waals surface area contributed by atoms with Crippen molar-refractivity contribution >= 4 is 17.7 Å². The summed E-state index contributed by atoms with van der Waals surface area (Å²) in [6, 6.07) is 0. The van der Waals surface area contributed by atoms with Crippen LogP contribution in [0.2, 0.25) is 0 Å². The van der Waals surface area contributed by atoms with Gasteiger partial charge in [0.25, 0.3) is 0 Å². The first-order chi connectivity index (χ1) is 7.17. The van der Waals surface area contributed by atoms with Gasteiger partial charge in [-0.2, -0.15) is 11.8 Å². The normalized spacial score (nSPS) is 19.9. The summed E-state index contributed by atoms with van der Waals surface area (Å²) in [4.78, 5) is 11.7. The van der Waals surface area contributed by atoms with Crippen molar-refractivity contribution in [1.82, 2.24) is 5.32 Å². The number of amides is 1. The van der Waals surface area contributed by atoms with Crippen molar-refractivity contribution in [3.8, 4) is 0 Å². The second kappa shape index (κ2) is 5.75. The van der Waals surface area contributed by atoms with Crippen LogP contribution in [0.15, 0.2) is 0 Å². The fourth-order valence-electron chi connectivity index (χ4n) is 1.86. The monoisotopic (exact) mass is 230 g/mol. The van der Waals surface area contributed by atoms with Crippen LogP contribution in [0.25, 0.3) is 0 Å². The van der Waals surface area contributed by atoms with E-state index in [1.54, 1.807) is 11.8 Å². The van der Waals surface area contributed by atoms with Crippen molar-refractivity contribution in [1.29, 1.82) is 0 Å². The van der Waals surface area contributed by atoms with E-state index in [0.717, 1.165) is 37.3 Å². The van der Waals surface area contributed by atoms with Crippen molar-refractivity contribution in [3.63, 3.8) is 0 Å². The van der Waals surface area contributed by atoms with Gasteiger partial charge in [0.05, 0.1) is 0 Å². The number of carbonyl (C=O) groups excluding carboxylic acids is 1. The minimum Gasteiger partial charge on any atom is -0.368 e. The lowest BCUT2D eigenvalue weighted by Gasteiger charge is -2.31. The zero-order valence-electron chi connectivity index (χ0n) is 9.71. The fourth-order valence-corrected chi connectivity index (χ4v) is 2.87. The SMILES string of the molecule is CCCNC(CSCC)(C(N)=O)C1CC1. The lowest BCUT2D eigenvalue weighted by atomic mass is 9.94. The van der Waals surface area contributed by atoms with E-state index >= 15 is 0 Å². The van der Waals surface area contributed by atoms with Crippen LogP contribution in [0.3, 0.4) is 0 Å². The van der Waals surface area contributed by atoms with Gasteiger partial charge in [-0.15, -0.1) is 0 Å². The third kappa shape index (κ3) is 3.11. The molecule has 4 heteroatoms. The minimum atomic E-state index is -0.434. The Morgan fingerprint density at radius 2 is 2.20 bits per heavy atom. The van der Waals surface area contributed by atoms with Crippen LogP contribution >= 0.6 is 11.8 Å². The first kappa shape index (κ1) is 12.8. The zero-order chi connectivity index (χ0) is 11.3. The molecular formula is C11H22N2OS. The highest BCUT2D eigenvalue weighted by Gasteiger charge is 2.49. The van der Waals surface area contributed by atoms with Gasteiger partial charge in [-0.3, -0.25) is 4.79 Å². The molecule has 3 N–H and O–H groups in total. The fraction of sp³-hybridized carbons (Fsp3) is 0.909. The van der Waals surface area contributed by atoms with Gasteiger partial charge in [0.1, 0.15) is 5.54 Å². The van der Waals surface area contributed by atoms with Crippen LogP contribution in [-0.4, -0.2) is 29.5 Å². The Labute approximate surface area is 96.6 Å². The molecule has 1 atom stereocenters. The molecular weight excluding hydrogens is 208 g/mol. The van der Waals surface area contributed by atoms with Gasteiger partial charge in [-0.25, -0.2) is 0 Å². The van der Waals surface area contributed by atoms with Crippen molar-refractivity contribution in [2.75, 3.05) is 18.1 Å². The quantitative estimate of drug-likeness (QED) is 0.662. The molecule has 0 aromatic heterocycles. The summed E-state index contributed by atoms with van der Waals surface area (Å²) < 4.78 is 0. The predicted octanol–water partition coefficient (Wildman–Crippen LogP) is 1.37. The van der Waals surface area contributed by atoms with E-state index in [4.69, 9.17) is 5.73 Å². The topological polar surface area (TPSA) is 55.1 Å². The van der Waals surface area contributed by atoms with Gasteiger partial charge in [-0.05, 0) is 37.5 Å². The Morgan fingerprint density at radius 1 is 1.53 bits per heavy atom. The van der Waals surface area contributed by atoms with E-state index in [0.29, 0.717) is 5.92 Å². The van der Waals surface area contributed by atoms with Gasteiger partial charge in [-0.1, -0.05) is 13.8 Å². The Balaban J connectivity index is 2.64. The zero-order valence-corrected chi connectivity index (χ0v) is 10.5. The lowest BCUT2D eigenvalue weighted by molar-refractivity contribution is -0.124. The maximum Gasteiger partial charge on any atom is 0.238 e. The second-order valence-electron chi connectivity index (χ2n) is 4.17. The highest BCUT2D eigenvalue weighted by atomic mass is 32.2. The highest BCUT2D eigenvalue weighted by Crippen LogP contribution is 2.41. The molecule has 1 saturated carbocycles. The molecule has 15 heavy (non-hydrogen) atoms. The Kier molecular flexibility index (Phi) is 4.93. The summed E-state index contributed by atoms with van der Waals surface area (Å²) >= 11 is 1.80. The van der Waals surface area contributed by atoms with Gasteiger partial charge >= 0.3 is 0 Å². The molecule has 1 aliphatic carbocycles. The van der Waals surface area contributed by atoms with Gasteiger partial charge in [0.2, 0.25) is 5.91 Å². The Morgan fingerprint density at radius 3 is 2.60 bits per heavy atom. The maximum absolute atomic E-state index is 11.7. The molecule has 0 aromatic carbocycles. The summed E-state index contributed by atoms with van der Waals surface area (Å²) in [5.74, 6) is 2.17. The molecule has 0 heterocycles. The number of rotatable bonds is 8. The standard InChI is InChI=1S/C11H22N2OS/c1-3-7-13-11(10(12)14,8-15-4-2)9-5-6-9/h9,13H,3-8H2,1-2H3,(H2,12,14). The van der Waals surface area contributed by atoms with E-state index in [-0.39, 0.29) is 5.91 Å². The molecule has 1 unspecified atom stereocenters. The molecule has 0 aliphatic heterocycles.